The van der Waals surface area contributed by atoms with Crippen LogP contribution in [0.4, 0.5) is 0 Å². The molecule has 0 bridgehead atoms. The highest BCUT2D eigenvalue weighted by atomic mass is 14.6. The smallest absolute Gasteiger partial charge is 0.0347 e. The van der Waals surface area contributed by atoms with Gasteiger partial charge in [0.2, 0.25) is 0 Å². The molecular formula is C26H22N2. The van der Waals surface area contributed by atoms with Crippen LogP contribution in [-0.2, 0) is 12.8 Å². The number of aromatic nitrogens is 2. The SMILES string of the molecule is c1cc2cnccc2cn1.c1ccc2c(c1)ccc1c3c(ccc12)CCCC3. The lowest BCUT2D eigenvalue weighted by molar-refractivity contribution is 0.690. The van der Waals surface area contributed by atoms with Crippen molar-refractivity contribution in [2.24, 2.45) is 0 Å². The molecule has 0 N–H and O–H groups in total. The average molecular weight is 362 g/mol. The highest BCUT2D eigenvalue weighted by Gasteiger charge is 2.13. The van der Waals surface area contributed by atoms with Crippen molar-refractivity contribution in [2.45, 2.75) is 25.7 Å². The third-order valence-corrected chi connectivity index (χ3v) is 5.70. The van der Waals surface area contributed by atoms with Gasteiger partial charge in [-0.05, 0) is 70.5 Å². The van der Waals surface area contributed by atoms with Crippen molar-refractivity contribution >= 4 is 32.3 Å². The van der Waals surface area contributed by atoms with E-state index in [-0.39, 0.29) is 0 Å². The lowest BCUT2D eigenvalue weighted by Gasteiger charge is -2.18. The highest BCUT2D eigenvalue weighted by molar-refractivity contribution is 6.08. The molecule has 0 radical (unpaired) electrons. The van der Waals surface area contributed by atoms with Gasteiger partial charge in [0.15, 0.2) is 0 Å². The number of nitrogens with zero attached hydrogens (tertiary/aromatic N) is 2. The summed E-state index contributed by atoms with van der Waals surface area (Å²) < 4.78 is 0. The summed E-state index contributed by atoms with van der Waals surface area (Å²) in [6, 6.07) is 21.9. The average Bonchev–Trinajstić information content (AvgIpc) is 2.79. The van der Waals surface area contributed by atoms with E-state index in [9.17, 15) is 0 Å². The van der Waals surface area contributed by atoms with Crippen molar-refractivity contribution in [3.63, 3.8) is 0 Å². The van der Waals surface area contributed by atoms with Crippen molar-refractivity contribution in [3.8, 4) is 0 Å². The minimum Gasteiger partial charge on any atom is -0.264 e. The third-order valence-electron chi connectivity index (χ3n) is 5.70. The van der Waals surface area contributed by atoms with Crippen LogP contribution >= 0.6 is 0 Å². The summed E-state index contributed by atoms with van der Waals surface area (Å²) in [5, 5.41) is 7.92. The summed E-state index contributed by atoms with van der Waals surface area (Å²) in [5.41, 5.74) is 3.17. The van der Waals surface area contributed by atoms with Crippen LogP contribution < -0.4 is 0 Å². The van der Waals surface area contributed by atoms with Crippen LogP contribution in [0.15, 0.2) is 85.5 Å². The van der Waals surface area contributed by atoms with Crippen LogP contribution in [0.1, 0.15) is 24.0 Å². The normalized spacial score (nSPS) is 13.1. The van der Waals surface area contributed by atoms with Gasteiger partial charge < -0.3 is 0 Å². The Morgan fingerprint density at radius 3 is 2.07 bits per heavy atom. The molecule has 0 amide bonds. The van der Waals surface area contributed by atoms with E-state index in [1.165, 1.54) is 47.2 Å². The second-order valence-electron chi connectivity index (χ2n) is 7.39. The zero-order valence-electron chi connectivity index (χ0n) is 15.8. The van der Waals surface area contributed by atoms with Gasteiger partial charge in [-0.25, -0.2) is 0 Å². The van der Waals surface area contributed by atoms with E-state index >= 15 is 0 Å². The largest absolute Gasteiger partial charge is 0.264 e. The Labute approximate surface area is 164 Å². The first-order chi connectivity index (χ1) is 13.9. The van der Waals surface area contributed by atoms with Gasteiger partial charge in [0.25, 0.3) is 0 Å². The molecule has 1 aliphatic carbocycles. The number of rotatable bonds is 0. The summed E-state index contributed by atoms with van der Waals surface area (Å²) in [6.45, 7) is 0. The topological polar surface area (TPSA) is 25.8 Å². The predicted octanol–water partition coefficient (Wildman–Crippen LogP) is 6.50. The second kappa shape index (κ2) is 7.40. The molecule has 3 aromatic carbocycles. The Kier molecular flexibility index (Phi) is 4.46. The summed E-state index contributed by atoms with van der Waals surface area (Å²) in [6.07, 6.45) is 12.4. The number of pyridine rings is 2. The molecule has 28 heavy (non-hydrogen) atoms. The van der Waals surface area contributed by atoms with E-state index in [0.717, 1.165) is 10.8 Å². The van der Waals surface area contributed by atoms with Gasteiger partial charge in [-0.1, -0.05) is 48.5 Å². The van der Waals surface area contributed by atoms with E-state index in [1.54, 1.807) is 23.5 Å². The van der Waals surface area contributed by atoms with Crippen molar-refractivity contribution < 1.29 is 0 Å². The molecule has 0 saturated heterocycles. The van der Waals surface area contributed by atoms with Crippen LogP contribution in [0.5, 0.6) is 0 Å². The van der Waals surface area contributed by atoms with Gasteiger partial charge in [0, 0.05) is 35.6 Å². The van der Waals surface area contributed by atoms with Gasteiger partial charge in [0.05, 0.1) is 0 Å². The van der Waals surface area contributed by atoms with Gasteiger partial charge in [0.1, 0.15) is 0 Å². The van der Waals surface area contributed by atoms with E-state index < -0.39 is 0 Å². The predicted molar refractivity (Wildman–Crippen MR) is 118 cm³/mol. The summed E-state index contributed by atoms with van der Waals surface area (Å²) in [5.74, 6) is 0. The molecule has 0 atom stereocenters. The van der Waals surface area contributed by atoms with E-state index in [1.807, 2.05) is 24.5 Å². The van der Waals surface area contributed by atoms with Crippen LogP contribution in [0.25, 0.3) is 32.3 Å². The lowest BCUT2D eigenvalue weighted by atomic mass is 9.86. The molecule has 2 nitrogen and oxygen atoms in total. The molecule has 5 aromatic rings. The summed E-state index contributed by atoms with van der Waals surface area (Å²) in [7, 11) is 0. The zero-order chi connectivity index (χ0) is 18.8. The maximum Gasteiger partial charge on any atom is 0.0347 e. The molecule has 0 unspecified atom stereocenters. The van der Waals surface area contributed by atoms with E-state index in [4.69, 9.17) is 0 Å². The molecule has 136 valence electrons. The minimum absolute atomic E-state index is 1.14. The van der Waals surface area contributed by atoms with Crippen molar-refractivity contribution in [1.82, 2.24) is 9.97 Å². The first-order valence-corrected chi connectivity index (χ1v) is 9.96. The van der Waals surface area contributed by atoms with Gasteiger partial charge >= 0.3 is 0 Å². The fraction of sp³-hybridized carbons (Fsp3) is 0.154. The Morgan fingerprint density at radius 2 is 1.25 bits per heavy atom. The molecule has 0 saturated carbocycles. The van der Waals surface area contributed by atoms with Gasteiger partial charge in [-0.3, -0.25) is 9.97 Å². The van der Waals surface area contributed by atoms with Crippen LogP contribution in [0.3, 0.4) is 0 Å². The van der Waals surface area contributed by atoms with Gasteiger partial charge in [-0.15, -0.1) is 0 Å². The van der Waals surface area contributed by atoms with E-state index in [2.05, 4.69) is 58.5 Å². The number of aryl methyl sites for hydroxylation is 2. The van der Waals surface area contributed by atoms with Crippen molar-refractivity contribution in [2.75, 3.05) is 0 Å². The second-order valence-corrected chi connectivity index (χ2v) is 7.39. The first-order valence-electron chi connectivity index (χ1n) is 9.96. The molecule has 2 heteroatoms. The Bertz CT molecular complexity index is 1210. The van der Waals surface area contributed by atoms with Crippen molar-refractivity contribution in [3.05, 3.63) is 96.6 Å². The van der Waals surface area contributed by atoms with E-state index in [0.29, 0.717) is 0 Å². The molecule has 1 aliphatic rings. The van der Waals surface area contributed by atoms with Gasteiger partial charge in [-0.2, -0.15) is 0 Å². The summed E-state index contributed by atoms with van der Waals surface area (Å²) >= 11 is 0. The Morgan fingerprint density at radius 1 is 0.536 bits per heavy atom. The third kappa shape index (κ3) is 3.11. The fourth-order valence-electron chi connectivity index (χ4n) is 4.26. The zero-order valence-corrected chi connectivity index (χ0v) is 15.8. The number of hydrogen-bond donors (Lipinski definition) is 0. The number of benzene rings is 3. The Balaban J connectivity index is 0.000000145. The quantitative estimate of drug-likeness (QED) is 0.294. The summed E-state index contributed by atoms with van der Waals surface area (Å²) in [4.78, 5) is 7.97. The molecule has 0 aliphatic heterocycles. The van der Waals surface area contributed by atoms with Crippen LogP contribution in [0.2, 0.25) is 0 Å². The highest BCUT2D eigenvalue weighted by Crippen LogP contribution is 2.33. The first kappa shape index (κ1) is 16.9. The molecule has 2 aromatic heterocycles. The van der Waals surface area contributed by atoms with Crippen LogP contribution in [0, 0.1) is 0 Å². The number of hydrogen-bond acceptors (Lipinski definition) is 2. The molecule has 0 fully saturated rings. The monoisotopic (exact) mass is 362 g/mol. The number of fused-ring (bicyclic) bond motifs is 6. The standard InChI is InChI=1S/C18H16.C8H6N2/c1-3-7-15-13(5-1)9-11-18-16-8-4-2-6-14(16)10-12-17(15)18;1-3-9-6-8-2-4-10-5-7(1)8/h1,3,5,7,9-12H,2,4,6,8H2;1-6H. The molecule has 2 heterocycles. The molecular weight excluding hydrogens is 340 g/mol. The lowest BCUT2D eigenvalue weighted by Crippen LogP contribution is -2.02. The van der Waals surface area contributed by atoms with Crippen molar-refractivity contribution in [1.29, 1.82) is 0 Å². The molecule has 0 spiro atoms. The minimum atomic E-state index is 1.14. The maximum atomic E-state index is 3.99. The van der Waals surface area contributed by atoms with Crippen LogP contribution in [-0.4, -0.2) is 9.97 Å². The maximum absolute atomic E-state index is 3.99. The fourth-order valence-corrected chi connectivity index (χ4v) is 4.26. The Hall–Kier alpha value is -3.26. The molecule has 6 rings (SSSR count).